The van der Waals surface area contributed by atoms with Gasteiger partial charge in [-0.05, 0) is 31.7 Å². The SMILES string of the molecule is [I-][n+]1cnc2c(c1)C[C@H]1NCCC[C@@H]1C2. The van der Waals surface area contributed by atoms with Crippen LogP contribution >= 0.6 is 0 Å². The monoisotopic (exact) mass is 316 g/mol. The fourth-order valence-corrected chi connectivity index (χ4v) is 3.27. The molecule has 0 amide bonds. The number of hydrogen-bond donors (Lipinski definition) is 1. The Hall–Kier alpha value is -0.230. The van der Waals surface area contributed by atoms with Gasteiger partial charge < -0.3 is 31.0 Å². The van der Waals surface area contributed by atoms with Crippen molar-refractivity contribution >= 4 is 0 Å². The fraction of sp³-hybridized carbons (Fsp3) is 0.636. The predicted octanol–water partition coefficient (Wildman–Crippen LogP) is -2.85. The van der Waals surface area contributed by atoms with Crippen molar-refractivity contribution in [3.05, 3.63) is 23.8 Å². The molecule has 1 saturated heterocycles. The maximum atomic E-state index is 4.54. The summed E-state index contributed by atoms with van der Waals surface area (Å²) in [6.07, 6.45) is 9.17. The lowest BCUT2D eigenvalue weighted by molar-refractivity contribution is -1.17. The summed E-state index contributed by atoms with van der Waals surface area (Å²) in [6, 6.07) is 0.701. The van der Waals surface area contributed by atoms with Gasteiger partial charge in [0.25, 0.3) is 6.33 Å². The van der Waals surface area contributed by atoms with E-state index in [-0.39, 0.29) is 0 Å². The smallest absolute Gasteiger partial charge is 0.262 e. The van der Waals surface area contributed by atoms with Crippen LogP contribution in [0.5, 0.6) is 0 Å². The first-order chi connectivity index (χ1) is 7.33. The molecule has 3 rings (SSSR count). The van der Waals surface area contributed by atoms with Gasteiger partial charge in [-0.3, -0.25) is 0 Å². The van der Waals surface area contributed by atoms with Crippen molar-refractivity contribution in [3.63, 3.8) is 0 Å². The van der Waals surface area contributed by atoms with Crippen LogP contribution in [0.25, 0.3) is 0 Å². The maximum absolute atomic E-state index is 4.54. The Morgan fingerprint density at radius 1 is 1.47 bits per heavy atom. The minimum Gasteiger partial charge on any atom is -0.508 e. The van der Waals surface area contributed by atoms with E-state index in [0.717, 1.165) is 12.3 Å². The van der Waals surface area contributed by atoms with Gasteiger partial charge in [0.05, 0.1) is 6.20 Å². The molecule has 0 saturated carbocycles. The molecule has 4 heteroatoms. The zero-order valence-corrected chi connectivity index (χ0v) is 10.8. The lowest BCUT2D eigenvalue weighted by atomic mass is 9.78. The molecule has 0 aromatic carbocycles. The van der Waals surface area contributed by atoms with E-state index < -0.39 is 0 Å². The molecule has 1 radical (unpaired) electrons. The summed E-state index contributed by atoms with van der Waals surface area (Å²) < 4.78 is 2.03. The summed E-state index contributed by atoms with van der Waals surface area (Å²) in [4.78, 5) is 4.54. The number of halogens is 1. The van der Waals surface area contributed by atoms with Gasteiger partial charge >= 0.3 is 0 Å². The van der Waals surface area contributed by atoms with Crippen LogP contribution in [0.4, 0.5) is 0 Å². The minimum atomic E-state index is 0.701. The second-order valence-electron chi connectivity index (χ2n) is 4.56. The zero-order chi connectivity index (χ0) is 10.3. The van der Waals surface area contributed by atoms with E-state index in [0.29, 0.717) is 6.04 Å². The summed E-state index contributed by atoms with van der Waals surface area (Å²) in [7, 11) is 0. The number of nitrogens with one attached hydrogen (secondary N) is 1. The van der Waals surface area contributed by atoms with Crippen LogP contribution in [0.3, 0.4) is 0 Å². The van der Waals surface area contributed by atoms with Gasteiger partial charge in [0.1, 0.15) is 0 Å². The normalized spacial score (nSPS) is 29.4. The second kappa shape index (κ2) is 3.97. The largest absolute Gasteiger partial charge is 0.508 e. The minimum absolute atomic E-state index is 0.701. The van der Waals surface area contributed by atoms with Crippen molar-refractivity contribution < 1.29 is 25.6 Å². The summed E-state index contributed by atoms with van der Waals surface area (Å²) >= 11 is 2.27. The van der Waals surface area contributed by atoms with Gasteiger partial charge in [0.2, 0.25) is 0 Å². The van der Waals surface area contributed by atoms with Gasteiger partial charge in [-0.15, -0.1) is 0 Å². The standard InChI is InChI=1S/C11H15IN3/c12-15-6-9-5-10-8(2-1-3-13-10)4-11(9)14-7-15/h6-8,10,13H,1-5H2/t8-,10-/m1/s1. The summed E-state index contributed by atoms with van der Waals surface area (Å²) in [5, 5.41) is 3.64. The highest BCUT2D eigenvalue weighted by molar-refractivity contribution is 5.21. The van der Waals surface area contributed by atoms with Crippen LogP contribution in [-0.4, -0.2) is 17.6 Å². The van der Waals surface area contributed by atoms with Crippen LogP contribution in [0, 0.1) is 5.92 Å². The number of rotatable bonds is 0. The van der Waals surface area contributed by atoms with Crippen LogP contribution < -0.4 is 31.0 Å². The number of piperidine rings is 1. The molecule has 1 aromatic heterocycles. The van der Waals surface area contributed by atoms with Gasteiger partial charge in [0, 0.05) is 18.0 Å². The molecule has 0 unspecified atom stereocenters. The zero-order valence-electron chi connectivity index (χ0n) is 8.62. The Labute approximate surface area is 104 Å². The molecule has 1 aliphatic carbocycles. The van der Waals surface area contributed by atoms with Crippen molar-refractivity contribution in [2.24, 2.45) is 5.92 Å². The molecule has 0 spiro atoms. The Morgan fingerprint density at radius 3 is 3.33 bits per heavy atom. The van der Waals surface area contributed by atoms with Crippen LogP contribution in [0.1, 0.15) is 24.1 Å². The van der Waals surface area contributed by atoms with Gasteiger partial charge in [-0.1, -0.05) is 4.98 Å². The Bertz CT molecular complexity index is 380. The fourth-order valence-electron chi connectivity index (χ4n) is 2.81. The molecular formula is C11H15IN3. The first-order valence-corrected chi connectivity index (χ1v) is 6.58. The molecule has 81 valence electrons. The van der Waals surface area contributed by atoms with E-state index >= 15 is 0 Å². The molecule has 1 aliphatic heterocycles. The van der Waals surface area contributed by atoms with E-state index in [4.69, 9.17) is 0 Å². The third-order valence-corrected chi connectivity index (χ3v) is 4.12. The van der Waals surface area contributed by atoms with Gasteiger partial charge in [-0.2, -0.15) is 0 Å². The van der Waals surface area contributed by atoms with E-state index in [1.807, 2.05) is 9.11 Å². The quantitative estimate of drug-likeness (QED) is 0.522. The average Bonchev–Trinajstić information content (AvgIpc) is 2.26. The maximum Gasteiger partial charge on any atom is 0.262 e. The molecule has 1 aromatic rings. The Balaban J connectivity index is 1.92. The highest BCUT2D eigenvalue weighted by Gasteiger charge is 2.33. The van der Waals surface area contributed by atoms with E-state index in [2.05, 4.69) is 39.4 Å². The summed E-state index contributed by atoms with van der Waals surface area (Å²) in [5.74, 6) is 0.823. The van der Waals surface area contributed by atoms with E-state index in [1.165, 1.54) is 37.1 Å². The van der Waals surface area contributed by atoms with Crippen molar-refractivity contribution in [1.82, 2.24) is 10.3 Å². The molecule has 0 bridgehead atoms. The molecule has 15 heavy (non-hydrogen) atoms. The first-order valence-electron chi connectivity index (χ1n) is 5.61. The lowest BCUT2D eigenvalue weighted by Crippen LogP contribution is -3.50. The molecule has 1 fully saturated rings. The summed E-state index contributed by atoms with van der Waals surface area (Å²) in [5.41, 5.74) is 2.76. The van der Waals surface area contributed by atoms with Crippen LogP contribution in [0.2, 0.25) is 0 Å². The molecule has 2 atom stereocenters. The van der Waals surface area contributed by atoms with Gasteiger partial charge in [-0.25, -0.2) is 0 Å². The lowest BCUT2D eigenvalue weighted by Gasteiger charge is -2.35. The topological polar surface area (TPSA) is 28.8 Å². The third kappa shape index (κ3) is 1.89. The van der Waals surface area contributed by atoms with Crippen molar-refractivity contribution in [2.75, 3.05) is 6.54 Å². The average molecular weight is 316 g/mol. The molecule has 3 nitrogen and oxygen atoms in total. The highest BCUT2D eigenvalue weighted by atomic mass is 127. The number of aromatic nitrogens is 2. The molecule has 2 aliphatic rings. The highest BCUT2D eigenvalue weighted by Crippen LogP contribution is 2.28. The van der Waals surface area contributed by atoms with Crippen molar-refractivity contribution in [2.45, 2.75) is 31.7 Å². The number of nitrogens with zero attached hydrogens (tertiary/aromatic N) is 2. The van der Waals surface area contributed by atoms with E-state index in [1.54, 1.807) is 0 Å². The second-order valence-corrected chi connectivity index (χ2v) is 5.68. The van der Waals surface area contributed by atoms with Gasteiger partial charge in [0.15, 0.2) is 5.69 Å². The Morgan fingerprint density at radius 2 is 2.40 bits per heavy atom. The van der Waals surface area contributed by atoms with Crippen molar-refractivity contribution in [1.29, 1.82) is 0 Å². The molecule has 2 heterocycles. The van der Waals surface area contributed by atoms with Crippen LogP contribution in [0.15, 0.2) is 12.5 Å². The summed E-state index contributed by atoms with van der Waals surface area (Å²) in [6.45, 7) is 1.20. The Kier molecular flexibility index (Phi) is 2.64. The van der Waals surface area contributed by atoms with Crippen LogP contribution in [-0.2, 0) is 12.8 Å². The first kappa shape index (κ1) is 9.96. The number of fused-ring (bicyclic) bond motifs is 2. The van der Waals surface area contributed by atoms with E-state index in [9.17, 15) is 0 Å². The third-order valence-electron chi connectivity index (χ3n) is 3.60. The molecule has 1 N–H and O–H groups in total. The predicted molar refractivity (Wildman–Crippen MR) is 51.8 cm³/mol. The number of hydrogen-bond acceptors (Lipinski definition) is 2. The van der Waals surface area contributed by atoms with Crippen molar-refractivity contribution in [3.8, 4) is 0 Å². The molecular weight excluding hydrogens is 301 g/mol.